The first-order chi connectivity index (χ1) is 8.65. The van der Waals surface area contributed by atoms with Crippen LogP contribution < -0.4 is 4.90 Å². The van der Waals surface area contributed by atoms with Gasteiger partial charge in [-0.25, -0.2) is 4.79 Å². The quantitative estimate of drug-likeness (QED) is 0.867. The van der Waals surface area contributed by atoms with Crippen molar-refractivity contribution in [2.45, 2.75) is 6.42 Å². The van der Waals surface area contributed by atoms with Crippen molar-refractivity contribution in [2.75, 3.05) is 18.0 Å². The molecule has 0 spiro atoms. The molecule has 0 unspecified atom stereocenters. The van der Waals surface area contributed by atoms with Crippen LogP contribution in [0.25, 0.3) is 6.08 Å². The molecular formula is C13H11BrN2O2. The molecule has 1 aromatic rings. The van der Waals surface area contributed by atoms with E-state index in [1.54, 1.807) is 6.08 Å². The summed E-state index contributed by atoms with van der Waals surface area (Å²) in [5, 5.41) is 9.21. The summed E-state index contributed by atoms with van der Waals surface area (Å²) in [5.74, 6) is -0.0270. The summed E-state index contributed by atoms with van der Waals surface area (Å²) in [6.07, 6.45) is 2.13. The van der Waals surface area contributed by atoms with E-state index in [0.29, 0.717) is 12.0 Å². The van der Waals surface area contributed by atoms with Gasteiger partial charge in [0.2, 0.25) is 0 Å². The van der Waals surface area contributed by atoms with Gasteiger partial charge in [-0.05, 0) is 23.8 Å². The topological polar surface area (TPSA) is 52.9 Å². The first-order valence-corrected chi connectivity index (χ1v) is 6.49. The number of halogens is 1. The van der Waals surface area contributed by atoms with Crippen molar-refractivity contribution < 1.29 is 9.90 Å². The SMILES string of the molecule is O=C(O)C1=Cc2ccc(Br)cc2N2CCN=C2C1. The van der Waals surface area contributed by atoms with Crippen LogP contribution in [0.5, 0.6) is 0 Å². The average molecular weight is 307 g/mol. The largest absolute Gasteiger partial charge is 0.478 e. The number of carbonyl (C=O) groups is 1. The van der Waals surface area contributed by atoms with Gasteiger partial charge in [-0.15, -0.1) is 0 Å². The van der Waals surface area contributed by atoms with Gasteiger partial charge in [0.05, 0.1) is 12.2 Å². The molecule has 0 aromatic heterocycles. The summed E-state index contributed by atoms with van der Waals surface area (Å²) >= 11 is 3.45. The number of fused-ring (bicyclic) bond motifs is 3. The normalized spacial score (nSPS) is 17.5. The van der Waals surface area contributed by atoms with Crippen LogP contribution in [-0.4, -0.2) is 30.0 Å². The number of anilines is 1. The first kappa shape index (κ1) is 11.5. The van der Waals surface area contributed by atoms with Crippen LogP contribution in [0.2, 0.25) is 0 Å². The molecule has 1 N–H and O–H groups in total. The molecular weight excluding hydrogens is 296 g/mol. The number of carboxylic acids is 1. The molecule has 0 aliphatic carbocycles. The van der Waals surface area contributed by atoms with Crippen LogP contribution >= 0.6 is 15.9 Å². The summed E-state index contributed by atoms with van der Waals surface area (Å²) in [6, 6.07) is 5.87. The van der Waals surface area contributed by atoms with E-state index < -0.39 is 5.97 Å². The Labute approximate surface area is 113 Å². The van der Waals surface area contributed by atoms with Gasteiger partial charge in [-0.3, -0.25) is 4.99 Å². The number of aliphatic imine (C=N–C) groups is 1. The molecule has 2 aliphatic heterocycles. The fraction of sp³-hybridized carbons (Fsp3) is 0.231. The minimum atomic E-state index is -0.875. The third-order valence-electron chi connectivity index (χ3n) is 3.17. The lowest BCUT2D eigenvalue weighted by Gasteiger charge is -2.20. The summed E-state index contributed by atoms with van der Waals surface area (Å²) in [5.41, 5.74) is 2.35. The molecule has 92 valence electrons. The molecule has 2 aliphatic rings. The standard InChI is InChI=1S/C13H11BrN2O2/c14-10-2-1-8-5-9(13(17)18)6-12-15-3-4-16(12)11(8)7-10/h1-2,5,7H,3-4,6H2,(H,17,18). The van der Waals surface area contributed by atoms with E-state index in [-0.39, 0.29) is 0 Å². The third-order valence-corrected chi connectivity index (χ3v) is 3.66. The van der Waals surface area contributed by atoms with E-state index in [0.717, 1.165) is 34.6 Å². The van der Waals surface area contributed by atoms with Crippen molar-refractivity contribution in [1.82, 2.24) is 0 Å². The molecule has 0 radical (unpaired) electrons. The van der Waals surface area contributed by atoms with Gasteiger partial charge in [0.15, 0.2) is 0 Å². The smallest absolute Gasteiger partial charge is 0.332 e. The molecule has 18 heavy (non-hydrogen) atoms. The second-order valence-corrected chi connectivity index (χ2v) is 5.22. The molecule has 2 heterocycles. The maximum Gasteiger partial charge on any atom is 0.332 e. The zero-order valence-corrected chi connectivity index (χ0v) is 11.1. The maximum atomic E-state index is 11.2. The number of aliphatic carboxylic acids is 1. The van der Waals surface area contributed by atoms with Gasteiger partial charge < -0.3 is 10.0 Å². The van der Waals surface area contributed by atoms with Crippen molar-refractivity contribution in [3.8, 4) is 0 Å². The van der Waals surface area contributed by atoms with Gasteiger partial charge in [0, 0.05) is 23.0 Å². The minimum Gasteiger partial charge on any atom is -0.478 e. The number of benzene rings is 1. The van der Waals surface area contributed by atoms with E-state index in [1.807, 2.05) is 18.2 Å². The lowest BCUT2D eigenvalue weighted by molar-refractivity contribution is -0.132. The van der Waals surface area contributed by atoms with Crippen LogP contribution in [0, 0.1) is 0 Å². The van der Waals surface area contributed by atoms with Crippen LogP contribution in [-0.2, 0) is 4.79 Å². The van der Waals surface area contributed by atoms with Crippen LogP contribution in [0.15, 0.2) is 33.2 Å². The van der Waals surface area contributed by atoms with Gasteiger partial charge in [0.25, 0.3) is 0 Å². The summed E-state index contributed by atoms with van der Waals surface area (Å²) < 4.78 is 0.986. The molecule has 0 saturated heterocycles. The van der Waals surface area contributed by atoms with Gasteiger partial charge in [-0.1, -0.05) is 22.0 Å². The fourth-order valence-corrected chi connectivity index (χ4v) is 2.67. The molecule has 5 heteroatoms. The highest BCUT2D eigenvalue weighted by atomic mass is 79.9. The molecule has 1 aromatic carbocycles. The Kier molecular flexibility index (Phi) is 2.70. The predicted molar refractivity (Wildman–Crippen MR) is 74.0 cm³/mol. The highest BCUT2D eigenvalue weighted by Gasteiger charge is 2.26. The third kappa shape index (κ3) is 1.84. The van der Waals surface area contributed by atoms with Crippen molar-refractivity contribution in [3.63, 3.8) is 0 Å². The number of amidine groups is 1. The average Bonchev–Trinajstić information content (AvgIpc) is 2.72. The van der Waals surface area contributed by atoms with Gasteiger partial charge in [0.1, 0.15) is 5.84 Å². The van der Waals surface area contributed by atoms with Crippen LogP contribution in [0.3, 0.4) is 0 Å². The zero-order valence-electron chi connectivity index (χ0n) is 9.56. The Morgan fingerprint density at radius 2 is 2.28 bits per heavy atom. The highest BCUT2D eigenvalue weighted by molar-refractivity contribution is 9.10. The van der Waals surface area contributed by atoms with E-state index in [1.165, 1.54) is 0 Å². The molecule has 0 amide bonds. The minimum absolute atomic E-state index is 0.390. The summed E-state index contributed by atoms with van der Waals surface area (Å²) in [6.45, 7) is 1.55. The number of hydrogen-bond donors (Lipinski definition) is 1. The molecule has 0 bridgehead atoms. The van der Waals surface area contributed by atoms with Gasteiger partial charge >= 0.3 is 5.97 Å². The Hall–Kier alpha value is -1.62. The number of nitrogens with zero attached hydrogens (tertiary/aromatic N) is 2. The Morgan fingerprint density at radius 1 is 1.44 bits per heavy atom. The number of rotatable bonds is 1. The molecule has 0 saturated carbocycles. The monoisotopic (exact) mass is 306 g/mol. The van der Waals surface area contributed by atoms with Crippen molar-refractivity contribution >= 4 is 39.5 Å². The van der Waals surface area contributed by atoms with E-state index in [4.69, 9.17) is 0 Å². The molecule has 4 nitrogen and oxygen atoms in total. The second kappa shape index (κ2) is 4.24. The predicted octanol–water partition coefficient (Wildman–Crippen LogP) is 2.54. The summed E-state index contributed by atoms with van der Waals surface area (Å²) in [7, 11) is 0. The zero-order chi connectivity index (χ0) is 12.7. The lowest BCUT2D eigenvalue weighted by atomic mass is 10.1. The van der Waals surface area contributed by atoms with Crippen molar-refractivity contribution in [2.24, 2.45) is 4.99 Å². The van der Waals surface area contributed by atoms with E-state index in [9.17, 15) is 9.90 Å². The van der Waals surface area contributed by atoms with Crippen LogP contribution in [0.4, 0.5) is 5.69 Å². The first-order valence-electron chi connectivity index (χ1n) is 5.69. The second-order valence-electron chi connectivity index (χ2n) is 4.30. The lowest BCUT2D eigenvalue weighted by Crippen LogP contribution is -2.27. The summed E-state index contributed by atoms with van der Waals surface area (Å²) in [4.78, 5) is 17.7. The Morgan fingerprint density at radius 3 is 3.06 bits per heavy atom. The Bertz CT molecular complexity index is 593. The maximum absolute atomic E-state index is 11.2. The fourth-order valence-electron chi connectivity index (χ4n) is 2.32. The van der Waals surface area contributed by atoms with E-state index >= 15 is 0 Å². The van der Waals surface area contributed by atoms with Crippen molar-refractivity contribution in [3.05, 3.63) is 33.8 Å². The van der Waals surface area contributed by atoms with Gasteiger partial charge in [-0.2, -0.15) is 0 Å². The molecule has 3 rings (SSSR count). The van der Waals surface area contributed by atoms with E-state index in [2.05, 4.69) is 25.8 Å². The highest BCUT2D eigenvalue weighted by Crippen LogP contribution is 2.33. The van der Waals surface area contributed by atoms with Crippen molar-refractivity contribution in [1.29, 1.82) is 0 Å². The molecule has 0 atom stereocenters. The Balaban J connectivity index is 2.19. The number of carboxylic acid groups (broad SMARTS) is 1. The van der Waals surface area contributed by atoms with Crippen LogP contribution in [0.1, 0.15) is 12.0 Å². The molecule has 0 fully saturated rings. The number of hydrogen-bond acceptors (Lipinski definition) is 3.